The van der Waals surface area contributed by atoms with Crippen molar-refractivity contribution in [1.29, 1.82) is 0 Å². The Bertz CT molecular complexity index is 330. The Morgan fingerprint density at radius 1 is 1.79 bits per heavy atom. The molecule has 1 fully saturated rings. The van der Waals surface area contributed by atoms with E-state index in [9.17, 15) is 10.1 Å². The molecule has 0 aromatic carbocycles. The van der Waals surface area contributed by atoms with Crippen LogP contribution in [0, 0.1) is 10.1 Å². The molecule has 6 nitrogen and oxygen atoms in total. The third-order valence-corrected chi connectivity index (χ3v) is 2.38. The Balaban J connectivity index is 1.98. The van der Waals surface area contributed by atoms with Crippen LogP contribution < -0.4 is 5.32 Å². The minimum absolute atomic E-state index is 0.0806. The highest BCUT2D eigenvalue weighted by atomic mass is 16.6. The average molecular weight is 196 g/mol. The van der Waals surface area contributed by atoms with Gasteiger partial charge in [-0.3, -0.25) is 0 Å². The van der Waals surface area contributed by atoms with Gasteiger partial charge < -0.3 is 15.4 Å². The normalized spacial score (nSPS) is 21.3. The monoisotopic (exact) mass is 196 g/mol. The summed E-state index contributed by atoms with van der Waals surface area (Å²) in [4.78, 5) is 9.89. The van der Waals surface area contributed by atoms with Gasteiger partial charge in [-0.25, -0.2) is 0 Å². The fraction of sp³-hybridized carbons (Fsp3) is 0.625. The van der Waals surface area contributed by atoms with Crippen molar-refractivity contribution in [1.82, 2.24) is 15.1 Å². The van der Waals surface area contributed by atoms with Crippen molar-refractivity contribution in [2.45, 2.75) is 25.4 Å². The Labute approximate surface area is 81.1 Å². The van der Waals surface area contributed by atoms with Crippen molar-refractivity contribution >= 4 is 5.82 Å². The first-order chi connectivity index (χ1) is 6.75. The molecule has 0 spiro atoms. The number of hydrogen-bond acceptors (Lipinski definition) is 4. The number of nitrogens with zero attached hydrogens (tertiary/aromatic N) is 3. The molecule has 1 saturated heterocycles. The van der Waals surface area contributed by atoms with E-state index < -0.39 is 4.92 Å². The zero-order chi connectivity index (χ0) is 9.97. The summed E-state index contributed by atoms with van der Waals surface area (Å²) < 4.78 is 1.63. The van der Waals surface area contributed by atoms with Gasteiger partial charge in [0.15, 0.2) is 0 Å². The van der Waals surface area contributed by atoms with Gasteiger partial charge in [-0.05, 0) is 24.3 Å². The largest absolute Gasteiger partial charge is 0.389 e. The lowest BCUT2D eigenvalue weighted by molar-refractivity contribution is -0.389. The molecule has 1 atom stereocenters. The van der Waals surface area contributed by atoms with Crippen molar-refractivity contribution < 1.29 is 4.92 Å². The molecular formula is C8H12N4O2. The first-order valence-corrected chi connectivity index (χ1v) is 4.67. The minimum atomic E-state index is -0.474. The van der Waals surface area contributed by atoms with Crippen LogP contribution in [0.4, 0.5) is 5.82 Å². The van der Waals surface area contributed by atoms with Crippen LogP contribution in [-0.4, -0.2) is 27.3 Å². The third kappa shape index (κ3) is 1.90. The number of hydrogen-bond donors (Lipinski definition) is 1. The molecule has 0 aliphatic carbocycles. The van der Waals surface area contributed by atoms with E-state index in [4.69, 9.17) is 0 Å². The smallest absolute Gasteiger partial charge is 0.358 e. The zero-order valence-electron chi connectivity index (χ0n) is 7.72. The van der Waals surface area contributed by atoms with Crippen LogP contribution >= 0.6 is 0 Å². The summed E-state index contributed by atoms with van der Waals surface area (Å²) in [7, 11) is 0. The van der Waals surface area contributed by atoms with Crippen molar-refractivity contribution in [3.8, 4) is 0 Å². The molecule has 1 aromatic heterocycles. The van der Waals surface area contributed by atoms with Gasteiger partial charge >= 0.3 is 5.82 Å². The third-order valence-electron chi connectivity index (χ3n) is 2.38. The van der Waals surface area contributed by atoms with Gasteiger partial charge in [-0.15, -0.1) is 0 Å². The van der Waals surface area contributed by atoms with E-state index in [0.717, 1.165) is 13.0 Å². The standard InChI is InChI=1S/C8H12N4O2/c13-12(14)8-3-5-11(10-8)6-7-2-1-4-9-7/h3,5,7,9H,1-2,4,6H2. The lowest BCUT2D eigenvalue weighted by atomic mass is 10.2. The molecule has 0 radical (unpaired) electrons. The van der Waals surface area contributed by atoms with E-state index in [-0.39, 0.29) is 5.82 Å². The van der Waals surface area contributed by atoms with Crippen molar-refractivity contribution in [2.24, 2.45) is 0 Å². The maximum Gasteiger partial charge on any atom is 0.389 e. The first kappa shape index (κ1) is 9.14. The van der Waals surface area contributed by atoms with Crippen LogP contribution in [0.5, 0.6) is 0 Å². The highest BCUT2D eigenvalue weighted by Crippen LogP contribution is 2.10. The fourth-order valence-electron chi connectivity index (χ4n) is 1.69. The summed E-state index contributed by atoms with van der Waals surface area (Å²) in [5.41, 5.74) is 0. The molecular weight excluding hydrogens is 184 g/mol. The molecule has 2 heterocycles. The van der Waals surface area contributed by atoms with E-state index in [0.29, 0.717) is 12.6 Å². The van der Waals surface area contributed by atoms with Crippen molar-refractivity contribution in [3.63, 3.8) is 0 Å². The molecule has 14 heavy (non-hydrogen) atoms. The molecule has 1 aromatic rings. The van der Waals surface area contributed by atoms with Gasteiger partial charge in [0.1, 0.15) is 0 Å². The van der Waals surface area contributed by atoms with Crippen molar-refractivity contribution in [2.75, 3.05) is 6.54 Å². The van der Waals surface area contributed by atoms with Gasteiger partial charge in [0.25, 0.3) is 0 Å². The SMILES string of the molecule is O=[N+]([O-])c1ccn(CC2CCCN2)n1. The molecule has 1 unspecified atom stereocenters. The van der Waals surface area contributed by atoms with E-state index in [1.165, 1.54) is 12.5 Å². The Morgan fingerprint density at radius 2 is 2.64 bits per heavy atom. The molecule has 1 aliphatic rings. The highest BCUT2D eigenvalue weighted by Gasteiger charge is 2.18. The molecule has 1 N–H and O–H groups in total. The summed E-state index contributed by atoms with van der Waals surface area (Å²) in [6.07, 6.45) is 3.94. The van der Waals surface area contributed by atoms with Crippen LogP contribution in [0.25, 0.3) is 0 Å². The zero-order valence-corrected chi connectivity index (χ0v) is 7.72. The molecule has 0 bridgehead atoms. The van der Waals surface area contributed by atoms with Crippen LogP contribution in [0.15, 0.2) is 12.3 Å². The summed E-state index contributed by atoms with van der Waals surface area (Å²) in [5, 5.41) is 17.5. The van der Waals surface area contributed by atoms with Crippen LogP contribution in [0.1, 0.15) is 12.8 Å². The first-order valence-electron chi connectivity index (χ1n) is 4.67. The Hall–Kier alpha value is -1.43. The highest BCUT2D eigenvalue weighted by molar-refractivity contribution is 5.14. The number of rotatable bonds is 3. The van der Waals surface area contributed by atoms with Crippen LogP contribution in [0.3, 0.4) is 0 Å². The second-order valence-corrected chi connectivity index (χ2v) is 3.45. The summed E-state index contributed by atoms with van der Waals surface area (Å²) in [6.45, 7) is 1.75. The average Bonchev–Trinajstić information content (AvgIpc) is 2.75. The van der Waals surface area contributed by atoms with E-state index in [1.54, 1.807) is 10.9 Å². The van der Waals surface area contributed by atoms with Gasteiger partial charge in [0.2, 0.25) is 0 Å². The summed E-state index contributed by atoms with van der Waals surface area (Å²) in [5.74, 6) is -0.0806. The van der Waals surface area contributed by atoms with Crippen molar-refractivity contribution in [3.05, 3.63) is 22.4 Å². The Kier molecular flexibility index (Phi) is 2.45. The van der Waals surface area contributed by atoms with E-state index >= 15 is 0 Å². The number of nitro groups is 1. The van der Waals surface area contributed by atoms with E-state index in [2.05, 4.69) is 10.4 Å². The lowest BCUT2D eigenvalue weighted by Crippen LogP contribution is -2.26. The predicted molar refractivity (Wildman–Crippen MR) is 49.9 cm³/mol. The van der Waals surface area contributed by atoms with Crippen LogP contribution in [-0.2, 0) is 6.54 Å². The second kappa shape index (κ2) is 3.75. The van der Waals surface area contributed by atoms with Gasteiger partial charge in [-0.2, -0.15) is 4.68 Å². The predicted octanol–water partition coefficient (Wildman–Crippen LogP) is 0.543. The van der Waals surface area contributed by atoms with Gasteiger partial charge in [0.05, 0.1) is 23.9 Å². The summed E-state index contributed by atoms with van der Waals surface area (Å²) in [6, 6.07) is 1.84. The minimum Gasteiger partial charge on any atom is -0.358 e. The molecule has 0 saturated carbocycles. The maximum absolute atomic E-state index is 10.4. The Morgan fingerprint density at radius 3 is 3.21 bits per heavy atom. The fourth-order valence-corrected chi connectivity index (χ4v) is 1.69. The molecule has 2 rings (SSSR count). The molecule has 6 heteroatoms. The topological polar surface area (TPSA) is 73.0 Å². The second-order valence-electron chi connectivity index (χ2n) is 3.45. The lowest BCUT2D eigenvalue weighted by Gasteiger charge is -2.06. The maximum atomic E-state index is 10.4. The van der Waals surface area contributed by atoms with Gasteiger partial charge in [-0.1, -0.05) is 0 Å². The van der Waals surface area contributed by atoms with Gasteiger partial charge in [0, 0.05) is 6.04 Å². The quantitative estimate of drug-likeness (QED) is 0.565. The van der Waals surface area contributed by atoms with Crippen LogP contribution in [0.2, 0.25) is 0 Å². The number of nitrogens with one attached hydrogen (secondary N) is 1. The molecule has 1 aliphatic heterocycles. The summed E-state index contributed by atoms with van der Waals surface area (Å²) >= 11 is 0. The van der Waals surface area contributed by atoms with E-state index in [1.807, 2.05) is 0 Å². The molecule has 0 amide bonds. The molecule has 76 valence electrons. The number of aromatic nitrogens is 2.